The van der Waals surface area contributed by atoms with E-state index in [-0.39, 0.29) is 17.5 Å². The van der Waals surface area contributed by atoms with Gasteiger partial charge in [0.05, 0.1) is 12.4 Å². The van der Waals surface area contributed by atoms with Crippen molar-refractivity contribution >= 4 is 17.1 Å². The van der Waals surface area contributed by atoms with E-state index in [0.29, 0.717) is 49.7 Å². The van der Waals surface area contributed by atoms with Crippen molar-refractivity contribution in [2.45, 2.75) is 38.3 Å². The number of benzene rings is 1. The predicted octanol–water partition coefficient (Wildman–Crippen LogP) is 1.25. The van der Waals surface area contributed by atoms with Crippen molar-refractivity contribution in [3.8, 4) is 11.5 Å². The molecule has 2 aliphatic rings. The maximum atomic E-state index is 12.8. The van der Waals surface area contributed by atoms with Gasteiger partial charge in [0.15, 0.2) is 22.7 Å². The Morgan fingerprint density at radius 3 is 2.67 bits per heavy atom. The second-order valence-corrected chi connectivity index (χ2v) is 8.71. The Hall–Kier alpha value is -3.56. The number of carbonyl (C=O) groups is 1. The smallest absolute Gasteiger partial charge is 0.332 e. The highest BCUT2D eigenvalue weighted by atomic mass is 16.6. The fourth-order valence-electron chi connectivity index (χ4n) is 4.38. The molecule has 0 spiro atoms. The minimum Gasteiger partial charge on any atom is -0.486 e. The average Bonchev–Trinajstić information content (AvgIpc) is 3.58. The first-order chi connectivity index (χ1) is 15.9. The molecule has 2 aromatic heterocycles. The molecule has 1 aliphatic carbocycles. The van der Waals surface area contributed by atoms with Gasteiger partial charge in [-0.2, -0.15) is 0 Å². The normalized spacial score (nSPS) is 16.1. The highest BCUT2D eigenvalue weighted by molar-refractivity contribution is 5.76. The highest BCUT2D eigenvalue weighted by Crippen LogP contribution is 2.43. The number of nitrogens with zero attached hydrogens (tertiary/aromatic N) is 4. The van der Waals surface area contributed by atoms with E-state index in [4.69, 9.17) is 9.47 Å². The molecule has 33 heavy (non-hydrogen) atoms. The van der Waals surface area contributed by atoms with E-state index in [0.717, 1.165) is 34.5 Å². The molecule has 1 fully saturated rings. The van der Waals surface area contributed by atoms with Gasteiger partial charge >= 0.3 is 5.69 Å². The molecule has 1 amide bonds. The van der Waals surface area contributed by atoms with Gasteiger partial charge in [-0.05, 0) is 42.9 Å². The Balaban J connectivity index is 1.25. The minimum atomic E-state index is -0.414. The highest BCUT2D eigenvalue weighted by Gasteiger charge is 2.34. The number of ether oxygens (including phenoxy) is 2. The molecule has 1 aromatic carbocycles. The second kappa shape index (κ2) is 8.42. The molecule has 1 atom stereocenters. The van der Waals surface area contributed by atoms with Crippen LogP contribution in [-0.4, -0.2) is 37.8 Å². The van der Waals surface area contributed by atoms with Gasteiger partial charge in [-0.15, -0.1) is 0 Å². The van der Waals surface area contributed by atoms with Crippen LogP contribution in [0.25, 0.3) is 11.2 Å². The van der Waals surface area contributed by atoms with Crippen LogP contribution in [0.3, 0.4) is 0 Å². The number of imidazole rings is 1. The minimum absolute atomic E-state index is 0.0356. The monoisotopic (exact) mass is 453 g/mol. The third kappa shape index (κ3) is 4.01. The molecule has 1 saturated carbocycles. The number of hydrogen-bond donors (Lipinski definition) is 1. The number of aromatic nitrogens is 4. The third-order valence-corrected chi connectivity index (χ3v) is 6.36. The van der Waals surface area contributed by atoms with Crippen LogP contribution in [0.15, 0.2) is 34.1 Å². The molecule has 3 aromatic rings. The fraction of sp³-hybridized carbons (Fsp3) is 0.478. The molecular weight excluding hydrogens is 426 g/mol. The predicted molar refractivity (Wildman–Crippen MR) is 120 cm³/mol. The molecule has 0 radical (unpaired) electrons. The molecule has 10 heteroatoms. The van der Waals surface area contributed by atoms with Gasteiger partial charge in [0.2, 0.25) is 5.91 Å². The van der Waals surface area contributed by atoms with Crippen molar-refractivity contribution in [1.29, 1.82) is 0 Å². The molecule has 5 rings (SSSR count). The van der Waals surface area contributed by atoms with Crippen LogP contribution in [0.4, 0.5) is 0 Å². The van der Waals surface area contributed by atoms with Gasteiger partial charge in [-0.25, -0.2) is 9.78 Å². The zero-order valence-electron chi connectivity index (χ0n) is 18.7. The zero-order chi connectivity index (χ0) is 23.1. The zero-order valence-corrected chi connectivity index (χ0v) is 18.7. The van der Waals surface area contributed by atoms with Crippen LogP contribution in [0, 0.1) is 5.92 Å². The quantitative estimate of drug-likeness (QED) is 0.577. The summed E-state index contributed by atoms with van der Waals surface area (Å²) in [7, 11) is 3.04. The Morgan fingerprint density at radius 1 is 1.15 bits per heavy atom. The summed E-state index contributed by atoms with van der Waals surface area (Å²) in [5, 5.41) is 3.18. The Labute approximate surface area is 189 Å². The van der Waals surface area contributed by atoms with E-state index >= 15 is 0 Å². The molecule has 174 valence electrons. The van der Waals surface area contributed by atoms with Crippen LogP contribution >= 0.6 is 0 Å². The van der Waals surface area contributed by atoms with Crippen molar-refractivity contribution in [2.24, 2.45) is 20.0 Å². The SMILES string of the molecule is Cn1c(=O)c2c(ncn2CCCC(=O)NC(c2ccc3c(c2)OCCO3)C2CC2)n(C)c1=O. The lowest BCUT2D eigenvalue weighted by Crippen LogP contribution is -2.37. The first kappa shape index (κ1) is 21.3. The second-order valence-electron chi connectivity index (χ2n) is 8.71. The Bertz CT molecular complexity index is 1330. The van der Waals surface area contributed by atoms with E-state index in [1.807, 2.05) is 18.2 Å². The number of rotatable bonds is 7. The van der Waals surface area contributed by atoms with Crippen molar-refractivity contribution < 1.29 is 14.3 Å². The van der Waals surface area contributed by atoms with Gasteiger partial charge in [-0.1, -0.05) is 6.07 Å². The summed E-state index contributed by atoms with van der Waals surface area (Å²) in [4.78, 5) is 41.6. The first-order valence-corrected chi connectivity index (χ1v) is 11.2. The van der Waals surface area contributed by atoms with Crippen LogP contribution in [0.2, 0.25) is 0 Å². The van der Waals surface area contributed by atoms with E-state index in [2.05, 4.69) is 10.3 Å². The summed E-state index contributed by atoms with van der Waals surface area (Å²) in [6, 6.07) is 5.82. The van der Waals surface area contributed by atoms with Crippen LogP contribution in [0.1, 0.15) is 37.3 Å². The first-order valence-electron chi connectivity index (χ1n) is 11.2. The maximum Gasteiger partial charge on any atom is 0.332 e. The van der Waals surface area contributed by atoms with Crippen molar-refractivity contribution in [3.63, 3.8) is 0 Å². The molecule has 10 nitrogen and oxygen atoms in total. The lowest BCUT2D eigenvalue weighted by molar-refractivity contribution is -0.122. The Morgan fingerprint density at radius 2 is 1.91 bits per heavy atom. The summed E-state index contributed by atoms with van der Waals surface area (Å²) >= 11 is 0. The number of carbonyl (C=O) groups excluding carboxylic acids is 1. The lowest BCUT2D eigenvalue weighted by atomic mass is 10.0. The summed E-state index contributed by atoms with van der Waals surface area (Å²) in [5.74, 6) is 1.86. The topological polar surface area (TPSA) is 109 Å². The molecule has 1 N–H and O–H groups in total. The number of hydrogen-bond acceptors (Lipinski definition) is 6. The van der Waals surface area contributed by atoms with Crippen molar-refractivity contribution in [3.05, 3.63) is 50.9 Å². The van der Waals surface area contributed by atoms with E-state index in [9.17, 15) is 14.4 Å². The van der Waals surface area contributed by atoms with Crippen molar-refractivity contribution in [2.75, 3.05) is 13.2 Å². The van der Waals surface area contributed by atoms with Crippen LogP contribution < -0.4 is 26.0 Å². The average molecular weight is 453 g/mol. The molecule has 1 aliphatic heterocycles. The largest absolute Gasteiger partial charge is 0.486 e. The number of amides is 1. The van der Waals surface area contributed by atoms with Gasteiger partial charge in [0, 0.05) is 27.1 Å². The van der Waals surface area contributed by atoms with Crippen molar-refractivity contribution in [1.82, 2.24) is 24.0 Å². The van der Waals surface area contributed by atoms with E-state index in [1.54, 1.807) is 17.9 Å². The van der Waals surface area contributed by atoms with Gasteiger partial charge in [0.25, 0.3) is 5.56 Å². The summed E-state index contributed by atoms with van der Waals surface area (Å²) in [5.41, 5.74) is 0.942. The van der Waals surface area contributed by atoms with Crippen LogP contribution in [0.5, 0.6) is 11.5 Å². The molecule has 0 bridgehead atoms. The Kier molecular flexibility index (Phi) is 5.43. The van der Waals surface area contributed by atoms with Crippen LogP contribution in [-0.2, 0) is 25.4 Å². The molecule has 0 saturated heterocycles. The lowest BCUT2D eigenvalue weighted by Gasteiger charge is -2.23. The van der Waals surface area contributed by atoms with Gasteiger partial charge in [0.1, 0.15) is 13.2 Å². The van der Waals surface area contributed by atoms with E-state index in [1.165, 1.54) is 11.6 Å². The standard InChI is InChI=1S/C23H27N5O5/c1-26-21-20(22(30)27(2)23(26)31)28(13-24-21)9-3-4-18(29)25-19(14-5-6-14)15-7-8-16-17(12-15)33-11-10-32-16/h7-8,12-14,19H,3-6,9-11H2,1-2H3,(H,25,29). The molecular formula is C23H27N5O5. The third-order valence-electron chi connectivity index (χ3n) is 6.36. The number of aryl methyl sites for hydroxylation is 2. The molecule has 3 heterocycles. The fourth-order valence-corrected chi connectivity index (χ4v) is 4.38. The summed E-state index contributed by atoms with van der Waals surface area (Å²) in [6.45, 7) is 1.52. The van der Waals surface area contributed by atoms with E-state index < -0.39 is 5.69 Å². The number of fused-ring (bicyclic) bond motifs is 2. The number of nitrogens with one attached hydrogen (secondary N) is 1. The summed E-state index contributed by atoms with van der Waals surface area (Å²) in [6.07, 6.45) is 4.58. The molecule has 1 unspecified atom stereocenters. The maximum absolute atomic E-state index is 12.8. The van der Waals surface area contributed by atoms with Gasteiger partial charge in [-0.3, -0.25) is 18.7 Å². The van der Waals surface area contributed by atoms with Gasteiger partial charge < -0.3 is 19.4 Å². The summed E-state index contributed by atoms with van der Waals surface area (Å²) < 4.78 is 15.4.